The minimum Gasteiger partial charge on any atom is -0.0801 e. The summed E-state index contributed by atoms with van der Waals surface area (Å²) in [4.78, 5) is 0. The maximum atomic E-state index is 2.39. The summed E-state index contributed by atoms with van der Waals surface area (Å²) >= 11 is 0. The zero-order chi connectivity index (χ0) is 9.26. The molecule has 0 radical (unpaired) electrons. The van der Waals surface area contributed by atoms with Gasteiger partial charge in [-0.3, -0.25) is 0 Å². The van der Waals surface area contributed by atoms with Crippen LogP contribution >= 0.6 is 7.92 Å². The maximum absolute atomic E-state index is 2.39. The van der Waals surface area contributed by atoms with Crippen LogP contribution in [0.1, 0.15) is 39.5 Å². The molecular weight excluding hydrogens is 175 g/mol. The van der Waals surface area contributed by atoms with E-state index in [0.29, 0.717) is 0 Å². The van der Waals surface area contributed by atoms with E-state index in [1.54, 1.807) is 5.31 Å². The summed E-state index contributed by atoms with van der Waals surface area (Å²) in [6, 6.07) is 0. The van der Waals surface area contributed by atoms with Crippen molar-refractivity contribution >= 4 is 7.92 Å². The highest BCUT2D eigenvalue weighted by atomic mass is 31.1. The lowest BCUT2D eigenvalue weighted by Gasteiger charge is -2.46. The summed E-state index contributed by atoms with van der Waals surface area (Å²) in [6.45, 7) is 4.71. The van der Waals surface area contributed by atoms with Gasteiger partial charge in [-0.05, 0) is 42.3 Å². The molecule has 1 saturated heterocycles. The minimum absolute atomic E-state index is 0.273. The van der Waals surface area contributed by atoms with Crippen LogP contribution in [0.3, 0.4) is 0 Å². The molecule has 0 unspecified atom stereocenters. The first-order chi connectivity index (χ1) is 6.36. The lowest BCUT2D eigenvalue weighted by Crippen LogP contribution is -2.29. The minimum atomic E-state index is 0.273. The monoisotopic (exact) mass is 194 g/mol. The third-order valence-corrected chi connectivity index (χ3v) is 7.08. The third-order valence-electron chi connectivity index (χ3n) is 3.36. The van der Waals surface area contributed by atoms with Crippen LogP contribution in [-0.4, -0.2) is 11.3 Å². The van der Waals surface area contributed by atoms with E-state index in [-0.39, 0.29) is 7.92 Å². The van der Waals surface area contributed by atoms with Gasteiger partial charge in [-0.15, -0.1) is 0 Å². The van der Waals surface area contributed by atoms with E-state index in [4.69, 9.17) is 0 Å². The molecule has 0 nitrogen and oxygen atoms in total. The van der Waals surface area contributed by atoms with Gasteiger partial charge in [0.05, 0.1) is 0 Å². The molecule has 0 N–H and O–H groups in total. The number of hydrogen-bond acceptors (Lipinski definition) is 0. The van der Waals surface area contributed by atoms with Crippen LogP contribution in [0.4, 0.5) is 0 Å². The Bertz CT molecular complexity index is 230. The molecule has 2 rings (SSSR count). The fourth-order valence-electron chi connectivity index (χ4n) is 2.52. The summed E-state index contributed by atoms with van der Waals surface area (Å²) in [7, 11) is 0.273. The molecule has 1 aliphatic carbocycles. The Labute approximate surface area is 82.9 Å². The van der Waals surface area contributed by atoms with Gasteiger partial charge < -0.3 is 0 Å². The van der Waals surface area contributed by atoms with Gasteiger partial charge >= 0.3 is 0 Å². The van der Waals surface area contributed by atoms with E-state index in [1.165, 1.54) is 25.7 Å². The first-order valence-corrected chi connectivity index (χ1v) is 6.98. The lowest BCUT2D eigenvalue weighted by atomic mass is 10.1. The molecule has 1 heteroatoms. The van der Waals surface area contributed by atoms with Crippen molar-refractivity contribution < 1.29 is 0 Å². The quantitative estimate of drug-likeness (QED) is 0.588. The molecule has 0 saturated carbocycles. The van der Waals surface area contributed by atoms with E-state index in [1.807, 2.05) is 0 Å². The molecule has 0 aromatic rings. The Balaban J connectivity index is 2.02. The summed E-state index contributed by atoms with van der Waals surface area (Å²) in [5, 5.41) is 1.78. The normalized spacial score (nSPS) is 33.2. The average Bonchev–Trinajstić information content (AvgIpc) is 2.57. The van der Waals surface area contributed by atoms with Crippen molar-refractivity contribution in [2.75, 3.05) is 0 Å². The van der Waals surface area contributed by atoms with Crippen molar-refractivity contribution in [1.82, 2.24) is 0 Å². The molecule has 2 aliphatic rings. The molecule has 0 aromatic carbocycles. The Hall–Kier alpha value is -0.0900. The SMILES string of the molecule is CC[C@H]1C[C@H](CC)P1C1=CC=CC1. The first-order valence-electron chi connectivity index (χ1n) is 5.50. The maximum Gasteiger partial charge on any atom is -0.00897 e. The van der Waals surface area contributed by atoms with Crippen LogP contribution in [-0.2, 0) is 0 Å². The van der Waals surface area contributed by atoms with Crippen molar-refractivity contribution in [1.29, 1.82) is 0 Å². The van der Waals surface area contributed by atoms with Gasteiger partial charge in [-0.2, -0.15) is 0 Å². The highest BCUT2D eigenvalue weighted by Crippen LogP contribution is 2.68. The van der Waals surface area contributed by atoms with E-state index in [9.17, 15) is 0 Å². The molecule has 0 amide bonds. The second kappa shape index (κ2) is 3.96. The van der Waals surface area contributed by atoms with Gasteiger partial charge in [-0.25, -0.2) is 0 Å². The Morgan fingerprint density at radius 1 is 1.31 bits per heavy atom. The van der Waals surface area contributed by atoms with Gasteiger partial charge in [0.1, 0.15) is 0 Å². The van der Waals surface area contributed by atoms with Crippen LogP contribution in [0.2, 0.25) is 0 Å². The summed E-state index contributed by atoms with van der Waals surface area (Å²) in [5.41, 5.74) is 2.12. The van der Waals surface area contributed by atoms with E-state index < -0.39 is 0 Å². The molecule has 2 atom stereocenters. The zero-order valence-corrected chi connectivity index (χ0v) is 9.56. The van der Waals surface area contributed by atoms with E-state index in [0.717, 1.165) is 11.3 Å². The number of hydrogen-bond donors (Lipinski definition) is 0. The second-order valence-electron chi connectivity index (χ2n) is 4.06. The summed E-state index contributed by atoms with van der Waals surface area (Å²) < 4.78 is 0. The highest BCUT2D eigenvalue weighted by Gasteiger charge is 2.39. The fraction of sp³-hybridized carbons (Fsp3) is 0.667. The molecule has 1 aliphatic heterocycles. The van der Waals surface area contributed by atoms with Crippen molar-refractivity contribution in [2.24, 2.45) is 0 Å². The second-order valence-corrected chi connectivity index (χ2v) is 6.91. The van der Waals surface area contributed by atoms with Crippen LogP contribution < -0.4 is 0 Å². The molecular formula is C12H19P. The molecule has 72 valence electrons. The van der Waals surface area contributed by atoms with Crippen LogP contribution in [0, 0.1) is 0 Å². The summed E-state index contributed by atoms with van der Waals surface area (Å²) in [5.74, 6) is 0. The van der Waals surface area contributed by atoms with E-state index in [2.05, 4.69) is 32.1 Å². The van der Waals surface area contributed by atoms with Crippen molar-refractivity contribution in [3.8, 4) is 0 Å². The predicted molar refractivity (Wildman–Crippen MR) is 61.5 cm³/mol. The fourth-order valence-corrected chi connectivity index (χ4v) is 5.99. The van der Waals surface area contributed by atoms with Gasteiger partial charge in [0.2, 0.25) is 0 Å². The average molecular weight is 194 g/mol. The molecule has 0 aromatic heterocycles. The van der Waals surface area contributed by atoms with Crippen molar-refractivity contribution in [3.05, 3.63) is 23.5 Å². The third kappa shape index (κ3) is 1.62. The van der Waals surface area contributed by atoms with Crippen LogP contribution in [0.15, 0.2) is 23.5 Å². The molecule has 0 spiro atoms. The Kier molecular flexibility index (Phi) is 2.89. The topological polar surface area (TPSA) is 0 Å². The molecule has 1 fully saturated rings. The van der Waals surface area contributed by atoms with Gasteiger partial charge in [-0.1, -0.05) is 40.0 Å². The molecule has 1 heterocycles. The summed E-state index contributed by atoms with van der Waals surface area (Å²) in [6.07, 6.45) is 12.5. The predicted octanol–water partition coefficient (Wildman–Crippen LogP) is 4.27. The Morgan fingerprint density at radius 3 is 2.46 bits per heavy atom. The van der Waals surface area contributed by atoms with Crippen molar-refractivity contribution in [2.45, 2.75) is 50.8 Å². The molecule has 13 heavy (non-hydrogen) atoms. The standard InChI is InChI=1S/C12H19P/c1-3-10-9-11(4-2)13(10)12-7-5-6-8-12/h5-7,10-11H,3-4,8-9H2,1-2H3/t10-,11-/m0/s1. The highest BCUT2D eigenvalue weighted by molar-refractivity contribution is 7.65. The molecule has 0 bridgehead atoms. The largest absolute Gasteiger partial charge is 0.0801 e. The van der Waals surface area contributed by atoms with Crippen molar-refractivity contribution in [3.63, 3.8) is 0 Å². The zero-order valence-electron chi connectivity index (χ0n) is 8.66. The Morgan fingerprint density at radius 2 is 2.00 bits per heavy atom. The lowest BCUT2D eigenvalue weighted by molar-refractivity contribution is 0.606. The first kappa shape index (κ1) is 9.46. The van der Waals surface area contributed by atoms with Crippen LogP contribution in [0.25, 0.3) is 0 Å². The number of rotatable bonds is 3. The smallest absolute Gasteiger partial charge is 0.00897 e. The van der Waals surface area contributed by atoms with Gasteiger partial charge in [0, 0.05) is 0 Å². The number of allylic oxidation sites excluding steroid dienone is 4. The van der Waals surface area contributed by atoms with Gasteiger partial charge in [0.25, 0.3) is 0 Å². The van der Waals surface area contributed by atoms with Crippen LogP contribution in [0.5, 0.6) is 0 Å². The van der Waals surface area contributed by atoms with Gasteiger partial charge in [0.15, 0.2) is 0 Å². The van der Waals surface area contributed by atoms with E-state index >= 15 is 0 Å².